The maximum absolute atomic E-state index is 4.13. The first-order valence-electron chi connectivity index (χ1n) is 4.91. The van der Waals surface area contributed by atoms with Crippen molar-refractivity contribution in [2.24, 2.45) is 0 Å². The molecule has 0 unspecified atom stereocenters. The van der Waals surface area contributed by atoms with Gasteiger partial charge in [0.05, 0.1) is 11.2 Å². The van der Waals surface area contributed by atoms with Crippen molar-refractivity contribution in [1.82, 2.24) is 10.2 Å². The van der Waals surface area contributed by atoms with Crippen molar-refractivity contribution in [1.29, 1.82) is 0 Å². The van der Waals surface area contributed by atoms with Gasteiger partial charge in [-0.2, -0.15) is 10.2 Å². The van der Waals surface area contributed by atoms with Crippen molar-refractivity contribution < 1.29 is 0 Å². The van der Waals surface area contributed by atoms with E-state index in [0.29, 0.717) is 5.92 Å². The van der Waals surface area contributed by atoms with Gasteiger partial charge in [-0.05, 0) is 36.6 Å². The number of hydrogen-bond acceptors (Lipinski definition) is 2. The molecule has 0 saturated carbocycles. The highest BCUT2D eigenvalue weighted by molar-refractivity contribution is 5.79. The van der Waals surface area contributed by atoms with E-state index in [1.165, 1.54) is 10.9 Å². The van der Waals surface area contributed by atoms with Crippen molar-refractivity contribution >= 4 is 10.9 Å². The van der Waals surface area contributed by atoms with E-state index in [0.717, 1.165) is 11.2 Å². The Balaban J connectivity index is 2.63. The molecule has 0 atom stereocenters. The van der Waals surface area contributed by atoms with Gasteiger partial charge in [0.25, 0.3) is 0 Å². The van der Waals surface area contributed by atoms with Crippen LogP contribution in [0.15, 0.2) is 24.3 Å². The van der Waals surface area contributed by atoms with Gasteiger partial charge in [-0.15, -0.1) is 0 Å². The summed E-state index contributed by atoms with van der Waals surface area (Å²) in [5.74, 6) is 0.563. The Hall–Kier alpha value is -1.44. The molecule has 72 valence electrons. The molecule has 2 heteroatoms. The first-order chi connectivity index (χ1) is 6.66. The van der Waals surface area contributed by atoms with Crippen LogP contribution in [0.2, 0.25) is 0 Å². The van der Waals surface area contributed by atoms with Crippen LogP contribution in [0.25, 0.3) is 10.9 Å². The summed E-state index contributed by atoms with van der Waals surface area (Å²) < 4.78 is 0. The third-order valence-corrected chi connectivity index (χ3v) is 2.40. The molecule has 14 heavy (non-hydrogen) atoms. The first-order valence-corrected chi connectivity index (χ1v) is 4.91. The van der Waals surface area contributed by atoms with E-state index in [4.69, 9.17) is 0 Å². The van der Waals surface area contributed by atoms with Crippen molar-refractivity contribution in [2.45, 2.75) is 26.7 Å². The number of hydrogen-bond donors (Lipinski definition) is 0. The summed E-state index contributed by atoms with van der Waals surface area (Å²) in [6, 6.07) is 8.43. The highest BCUT2D eigenvalue weighted by Gasteiger charge is 2.01. The topological polar surface area (TPSA) is 25.8 Å². The molecule has 0 saturated heterocycles. The van der Waals surface area contributed by atoms with E-state index < -0.39 is 0 Å². The maximum Gasteiger partial charge on any atom is 0.0930 e. The molecule has 1 aromatic carbocycles. The average molecular weight is 186 g/mol. The lowest BCUT2D eigenvalue weighted by atomic mass is 10.0. The largest absolute Gasteiger partial charge is 0.155 e. The Morgan fingerprint density at radius 3 is 2.57 bits per heavy atom. The van der Waals surface area contributed by atoms with Crippen LogP contribution in [0.1, 0.15) is 31.0 Å². The standard InChI is InChI=1S/C12H14N2/c1-8(2)10-4-5-12-11(7-10)6-9(3)13-14-12/h4-8H,1-3H3. The SMILES string of the molecule is Cc1cc2cc(C(C)C)ccc2nn1. The Kier molecular flexibility index (Phi) is 2.20. The Bertz CT molecular complexity index is 461. The summed E-state index contributed by atoms with van der Waals surface area (Å²) in [6.07, 6.45) is 0. The van der Waals surface area contributed by atoms with E-state index in [2.05, 4.69) is 42.2 Å². The van der Waals surface area contributed by atoms with Crippen LogP contribution < -0.4 is 0 Å². The molecule has 2 aromatic rings. The lowest BCUT2D eigenvalue weighted by Crippen LogP contribution is -1.91. The highest BCUT2D eigenvalue weighted by Crippen LogP contribution is 2.19. The van der Waals surface area contributed by atoms with Crippen LogP contribution in [-0.2, 0) is 0 Å². The number of rotatable bonds is 1. The molecule has 0 N–H and O–H groups in total. The summed E-state index contributed by atoms with van der Waals surface area (Å²) in [5, 5.41) is 9.35. The zero-order valence-electron chi connectivity index (χ0n) is 8.78. The number of aryl methyl sites for hydroxylation is 1. The minimum atomic E-state index is 0.563. The molecule has 0 amide bonds. The molecule has 0 spiro atoms. The number of benzene rings is 1. The fraction of sp³-hybridized carbons (Fsp3) is 0.333. The highest BCUT2D eigenvalue weighted by atomic mass is 15.1. The summed E-state index contributed by atoms with van der Waals surface area (Å²) in [7, 11) is 0. The second-order valence-electron chi connectivity index (χ2n) is 3.96. The van der Waals surface area contributed by atoms with Gasteiger partial charge in [0.1, 0.15) is 0 Å². The first kappa shape index (κ1) is 9.13. The van der Waals surface area contributed by atoms with Crippen LogP contribution in [-0.4, -0.2) is 10.2 Å². The third-order valence-electron chi connectivity index (χ3n) is 2.40. The molecule has 0 aliphatic rings. The van der Waals surface area contributed by atoms with E-state index in [1.54, 1.807) is 0 Å². The van der Waals surface area contributed by atoms with Gasteiger partial charge in [-0.3, -0.25) is 0 Å². The Labute approximate surface area is 84.0 Å². The minimum absolute atomic E-state index is 0.563. The van der Waals surface area contributed by atoms with Gasteiger partial charge >= 0.3 is 0 Å². The molecule has 0 radical (unpaired) electrons. The molecule has 1 heterocycles. The van der Waals surface area contributed by atoms with Crippen LogP contribution in [0.5, 0.6) is 0 Å². The monoisotopic (exact) mass is 186 g/mol. The van der Waals surface area contributed by atoms with E-state index in [-0.39, 0.29) is 0 Å². The molecule has 0 bridgehead atoms. The lowest BCUT2D eigenvalue weighted by Gasteiger charge is -2.06. The molecule has 2 nitrogen and oxygen atoms in total. The predicted octanol–water partition coefficient (Wildman–Crippen LogP) is 3.06. The zero-order valence-corrected chi connectivity index (χ0v) is 8.78. The molecular formula is C12H14N2. The van der Waals surface area contributed by atoms with Crippen molar-refractivity contribution in [3.63, 3.8) is 0 Å². The van der Waals surface area contributed by atoms with E-state index >= 15 is 0 Å². The summed E-state index contributed by atoms with van der Waals surface area (Å²) >= 11 is 0. The number of aromatic nitrogens is 2. The van der Waals surface area contributed by atoms with Gasteiger partial charge in [0, 0.05) is 5.39 Å². The molecule has 2 rings (SSSR count). The fourth-order valence-electron chi connectivity index (χ4n) is 1.53. The molecular weight excluding hydrogens is 172 g/mol. The number of fused-ring (bicyclic) bond motifs is 1. The van der Waals surface area contributed by atoms with E-state index in [1.807, 2.05) is 13.0 Å². The average Bonchev–Trinajstić information content (AvgIpc) is 2.16. The maximum atomic E-state index is 4.13. The fourth-order valence-corrected chi connectivity index (χ4v) is 1.53. The normalized spacial score (nSPS) is 11.1. The summed E-state index contributed by atoms with van der Waals surface area (Å²) in [6.45, 7) is 6.36. The second kappa shape index (κ2) is 3.37. The smallest absolute Gasteiger partial charge is 0.0930 e. The van der Waals surface area contributed by atoms with Crippen LogP contribution in [0.4, 0.5) is 0 Å². The van der Waals surface area contributed by atoms with Crippen LogP contribution in [0, 0.1) is 6.92 Å². The second-order valence-corrected chi connectivity index (χ2v) is 3.96. The molecule has 0 fully saturated rings. The predicted molar refractivity (Wildman–Crippen MR) is 58.4 cm³/mol. The van der Waals surface area contributed by atoms with Crippen molar-refractivity contribution in [3.8, 4) is 0 Å². The van der Waals surface area contributed by atoms with Gasteiger partial charge < -0.3 is 0 Å². The Morgan fingerprint density at radius 1 is 1.07 bits per heavy atom. The van der Waals surface area contributed by atoms with Gasteiger partial charge in [0.15, 0.2) is 0 Å². The molecule has 1 aromatic heterocycles. The minimum Gasteiger partial charge on any atom is -0.155 e. The summed E-state index contributed by atoms with van der Waals surface area (Å²) in [5.41, 5.74) is 3.29. The van der Waals surface area contributed by atoms with E-state index in [9.17, 15) is 0 Å². The van der Waals surface area contributed by atoms with Crippen LogP contribution in [0.3, 0.4) is 0 Å². The van der Waals surface area contributed by atoms with Crippen molar-refractivity contribution in [3.05, 3.63) is 35.5 Å². The quantitative estimate of drug-likeness (QED) is 0.684. The lowest BCUT2D eigenvalue weighted by molar-refractivity contribution is 0.868. The summed E-state index contributed by atoms with van der Waals surface area (Å²) in [4.78, 5) is 0. The van der Waals surface area contributed by atoms with Crippen molar-refractivity contribution in [2.75, 3.05) is 0 Å². The third kappa shape index (κ3) is 1.60. The zero-order chi connectivity index (χ0) is 10.1. The molecule has 0 aliphatic heterocycles. The van der Waals surface area contributed by atoms with Crippen LogP contribution >= 0.6 is 0 Å². The number of nitrogens with zero attached hydrogens (tertiary/aromatic N) is 2. The molecule has 0 aliphatic carbocycles. The Morgan fingerprint density at radius 2 is 1.86 bits per heavy atom. The van der Waals surface area contributed by atoms with Gasteiger partial charge in [0.2, 0.25) is 0 Å². The van der Waals surface area contributed by atoms with Gasteiger partial charge in [-0.25, -0.2) is 0 Å². The van der Waals surface area contributed by atoms with Gasteiger partial charge in [-0.1, -0.05) is 19.9 Å².